The molecule has 3 atom stereocenters. The summed E-state index contributed by atoms with van der Waals surface area (Å²) >= 11 is 1.77. The summed E-state index contributed by atoms with van der Waals surface area (Å²) < 4.78 is 11.7. The first-order chi connectivity index (χ1) is 12.1. The van der Waals surface area contributed by atoms with Crippen molar-refractivity contribution in [3.63, 3.8) is 0 Å². The molecule has 1 amide bonds. The van der Waals surface area contributed by atoms with Crippen LogP contribution in [0.1, 0.15) is 31.4 Å². The molecule has 5 heteroatoms. The number of thiophene rings is 1. The maximum atomic E-state index is 12.7. The SMILES string of the molecule is COCCOCCC(=O)N(C)[C@H](c1csc2ccccc12)[C@H]1C[C@@H]1C. The van der Waals surface area contributed by atoms with Crippen molar-refractivity contribution in [1.82, 2.24) is 4.90 Å². The van der Waals surface area contributed by atoms with Gasteiger partial charge in [0, 0.05) is 18.9 Å². The number of rotatable bonds is 9. The third kappa shape index (κ3) is 4.22. The molecule has 0 unspecified atom stereocenters. The van der Waals surface area contributed by atoms with Gasteiger partial charge in [0.25, 0.3) is 0 Å². The van der Waals surface area contributed by atoms with Crippen LogP contribution in [-0.4, -0.2) is 44.8 Å². The summed E-state index contributed by atoms with van der Waals surface area (Å²) in [5.41, 5.74) is 1.30. The zero-order valence-electron chi connectivity index (χ0n) is 15.2. The van der Waals surface area contributed by atoms with Crippen LogP contribution in [0.4, 0.5) is 0 Å². The van der Waals surface area contributed by atoms with E-state index in [2.05, 4.69) is 36.6 Å². The topological polar surface area (TPSA) is 38.8 Å². The van der Waals surface area contributed by atoms with Gasteiger partial charge in [-0.15, -0.1) is 11.3 Å². The predicted octanol–water partition coefficient (Wildman–Crippen LogP) is 4.11. The molecule has 1 saturated carbocycles. The average molecular weight is 362 g/mol. The Hall–Kier alpha value is -1.43. The van der Waals surface area contributed by atoms with Gasteiger partial charge in [-0.05, 0) is 40.7 Å². The molecule has 0 saturated heterocycles. The van der Waals surface area contributed by atoms with Gasteiger partial charge in [-0.1, -0.05) is 25.1 Å². The van der Waals surface area contributed by atoms with E-state index in [0.29, 0.717) is 38.1 Å². The highest BCUT2D eigenvalue weighted by Gasteiger charge is 2.44. The van der Waals surface area contributed by atoms with E-state index in [-0.39, 0.29) is 11.9 Å². The minimum Gasteiger partial charge on any atom is -0.382 e. The van der Waals surface area contributed by atoms with E-state index in [9.17, 15) is 4.79 Å². The molecule has 1 aromatic heterocycles. The van der Waals surface area contributed by atoms with Crippen molar-refractivity contribution in [3.05, 3.63) is 35.2 Å². The first-order valence-corrected chi connectivity index (χ1v) is 9.80. The molecule has 1 aromatic carbocycles. The lowest BCUT2D eigenvalue weighted by Gasteiger charge is -2.29. The predicted molar refractivity (Wildman–Crippen MR) is 102 cm³/mol. The van der Waals surface area contributed by atoms with Crippen LogP contribution in [0.25, 0.3) is 10.1 Å². The van der Waals surface area contributed by atoms with Gasteiger partial charge >= 0.3 is 0 Å². The van der Waals surface area contributed by atoms with E-state index in [1.165, 1.54) is 22.1 Å². The van der Waals surface area contributed by atoms with Crippen LogP contribution in [-0.2, 0) is 14.3 Å². The van der Waals surface area contributed by atoms with Gasteiger partial charge < -0.3 is 14.4 Å². The minimum absolute atomic E-state index is 0.150. The van der Waals surface area contributed by atoms with E-state index in [4.69, 9.17) is 9.47 Å². The van der Waals surface area contributed by atoms with Gasteiger partial charge in [-0.2, -0.15) is 0 Å². The van der Waals surface area contributed by atoms with E-state index in [1.54, 1.807) is 18.4 Å². The fraction of sp³-hybridized carbons (Fsp3) is 0.550. The Morgan fingerprint density at radius 2 is 2.08 bits per heavy atom. The number of methoxy groups -OCH3 is 1. The Kier molecular flexibility index (Phi) is 6.10. The maximum absolute atomic E-state index is 12.7. The molecule has 1 fully saturated rings. The van der Waals surface area contributed by atoms with E-state index in [1.807, 2.05) is 11.9 Å². The van der Waals surface area contributed by atoms with Crippen molar-refractivity contribution in [3.8, 4) is 0 Å². The summed E-state index contributed by atoms with van der Waals surface area (Å²) in [5, 5.41) is 3.52. The molecule has 25 heavy (non-hydrogen) atoms. The number of benzene rings is 1. The highest BCUT2D eigenvalue weighted by molar-refractivity contribution is 7.17. The number of carbonyl (C=O) groups is 1. The van der Waals surface area contributed by atoms with E-state index >= 15 is 0 Å². The fourth-order valence-corrected chi connectivity index (χ4v) is 4.47. The van der Waals surface area contributed by atoms with Crippen LogP contribution in [0.15, 0.2) is 29.6 Å². The molecule has 2 aromatic rings. The molecular formula is C20H27NO3S. The van der Waals surface area contributed by atoms with Gasteiger partial charge in [0.2, 0.25) is 5.91 Å². The third-order valence-electron chi connectivity index (χ3n) is 5.11. The van der Waals surface area contributed by atoms with Crippen LogP contribution >= 0.6 is 11.3 Å². The standard InChI is InChI=1S/C20H27NO3S/c1-14-12-16(14)20(17-13-25-18-7-5-4-6-15(17)18)21(2)19(22)8-9-24-11-10-23-3/h4-7,13-14,16,20H,8-12H2,1-3H3/t14-,16-,20-/m0/s1. The second kappa shape index (κ2) is 8.30. The lowest BCUT2D eigenvalue weighted by Crippen LogP contribution is -2.33. The zero-order valence-corrected chi connectivity index (χ0v) is 16.1. The van der Waals surface area contributed by atoms with Crippen molar-refractivity contribution < 1.29 is 14.3 Å². The second-order valence-electron chi connectivity index (χ2n) is 6.87. The molecule has 136 valence electrons. The highest BCUT2D eigenvalue weighted by Crippen LogP contribution is 2.51. The van der Waals surface area contributed by atoms with Gasteiger partial charge in [-0.25, -0.2) is 0 Å². The number of ether oxygens (including phenoxy) is 2. The number of amides is 1. The van der Waals surface area contributed by atoms with Gasteiger partial charge in [0.05, 0.1) is 32.3 Å². The molecule has 0 N–H and O–H groups in total. The summed E-state index contributed by atoms with van der Waals surface area (Å²) in [4.78, 5) is 14.7. The fourth-order valence-electron chi connectivity index (χ4n) is 3.48. The lowest BCUT2D eigenvalue weighted by atomic mass is 9.98. The summed E-state index contributed by atoms with van der Waals surface area (Å²) in [6.45, 7) is 3.82. The molecule has 3 rings (SSSR count). The molecule has 0 aliphatic heterocycles. The number of carbonyl (C=O) groups excluding carboxylic acids is 1. The molecule has 1 heterocycles. The number of hydrogen-bond donors (Lipinski definition) is 0. The summed E-state index contributed by atoms with van der Waals surface area (Å²) in [6.07, 6.45) is 1.61. The van der Waals surface area contributed by atoms with Crippen molar-refractivity contribution in [2.75, 3.05) is 34.0 Å². The van der Waals surface area contributed by atoms with Crippen molar-refractivity contribution in [2.45, 2.75) is 25.8 Å². The Morgan fingerprint density at radius 1 is 1.32 bits per heavy atom. The molecule has 1 aliphatic carbocycles. The maximum Gasteiger partial charge on any atom is 0.225 e. The Morgan fingerprint density at radius 3 is 2.80 bits per heavy atom. The largest absolute Gasteiger partial charge is 0.382 e. The Labute approximate surface area is 153 Å². The first kappa shape index (κ1) is 18.4. The number of hydrogen-bond acceptors (Lipinski definition) is 4. The van der Waals surface area contributed by atoms with Crippen LogP contribution in [0.5, 0.6) is 0 Å². The number of nitrogens with zero attached hydrogens (tertiary/aromatic N) is 1. The summed E-state index contributed by atoms with van der Waals surface area (Å²) in [6, 6.07) is 8.65. The van der Waals surface area contributed by atoms with E-state index in [0.717, 1.165) is 0 Å². The molecule has 0 bridgehead atoms. The molecule has 4 nitrogen and oxygen atoms in total. The van der Waals surface area contributed by atoms with Crippen LogP contribution in [0.3, 0.4) is 0 Å². The normalized spacial score (nSPS) is 20.6. The molecular weight excluding hydrogens is 334 g/mol. The monoisotopic (exact) mass is 361 g/mol. The van der Waals surface area contributed by atoms with Crippen molar-refractivity contribution >= 4 is 27.3 Å². The van der Waals surface area contributed by atoms with Crippen LogP contribution < -0.4 is 0 Å². The second-order valence-corrected chi connectivity index (χ2v) is 7.78. The zero-order chi connectivity index (χ0) is 17.8. The van der Waals surface area contributed by atoms with Crippen molar-refractivity contribution in [1.29, 1.82) is 0 Å². The molecule has 0 spiro atoms. The third-order valence-corrected chi connectivity index (χ3v) is 6.09. The first-order valence-electron chi connectivity index (χ1n) is 8.92. The van der Waals surface area contributed by atoms with E-state index < -0.39 is 0 Å². The van der Waals surface area contributed by atoms with Crippen LogP contribution in [0.2, 0.25) is 0 Å². The Bertz CT molecular complexity index is 714. The summed E-state index contributed by atoms with van der Waals surface area (Å²) in [7, 11) is 3.59. The molecule has 1 aliphatic rings. The smallest absolute Gasteiger partial charge is 0.225 e. The lowest BCUT2D eigenvalue weighted by molar-refractivity contribution is -0.133. The van der Waals surface area contributed by atoms with Crippen molar-refractivity contribution in [2.24, 2.45) is 11.8 Å². The average Bonchev–Trinajstić information content (AvgIpc) is 3.18. The van der Waals surface area contributed by atoms with Gasteiger partial charge in [0.1, 0.15) is 0 Å². The highest BCUT2D eigenvalue weighted by atomic mass is 32.1. The van der Waals surface area contributed by atoms with Gasteiger partial charge in [-0.3, -0.25) is 4.79 Å². The van der Waals surface area contributed by atoms with Gasteiger partial charge in [0.15, 0.2) is 0 Å². The number of fused-ring (bicyclic) bond motifs is 1. The Balaban J connectivity index is 1.71. The quantitative estimate of drug-likeness (QED) is 0.631. The molecule has 0 radical (unpaired) electrons. The van der Waals surface area contributed by atoms with Crippen LogP contribution in [0, 0.1) is 11.8 Å². The minimum atomic E-state index is 0.150. The summed E-state index contributed by atoms with van der Waals surface area (Å²) in [5.74, 6) is 1.38.